The van der Waals surface area contributed by atoms with E-state index in [4.69, 9.17) is 17.3 Å². The Morgan fingerprint density at radius 2 is 2.06 bits per heavy atom. The van der Waals surface area contributed by atoms with Crippen LogP contribution in [-0.4, -0.2) is 25.3 Å². The minimum atomic E-state index is -0.407. The molecular formula is C22H28N8O. The summed E-state index contributed by atoms with van der Waals surface area (Å²) in [6, 6.07) is 5.93. The lowest BCUT2D eigenvalue weighted by atomic mass is 10.1. The molecule has 162 valence electrons. The number of aryl methyl sites for hydroxylation is 2. The van der Waals surface area contributed by atoms with Crippen LogP contribution in [0.1, 0.15) is 46.8 Å². The van der Waals surface area contributed by atoms with Crippen molar-refractivity contribution in [1.29, 1.82) is 0 Å². The molecule has 1 amide bonds. The van der Waals surface area contributed by atoms with Gasteiger partial charge in [0.1, 0.15) is 17.2 Å². The largest absolute Gasteiger partial charge is 0.393 e. The smallest absolute Gasteiger partial charge is 0.268 e. The highest BCUT2D eigenvalue weighted by molar-refractivity contribution is 5.92. The Morgan fingerprint density at radius 1 is 1.29 bits per heavy atom. The van der Waals surface area contributed by atoms with Gasteiger partial charge < -0.3 is 26.2 Å². The van der Waals surface area contributed by atoms with E-state index in [0.717, 1.165) is 28.2 Å². The third kappa shape index (κ3) is 4.77. The first-order chi connectivity index (χ1) is 14.8. The van der Waals surface area contributed by atoms with Gasteiger partial charge in [0, 0.05) is 30.8 Å². The zero-order chi connectivity index (χ0) is 22.1. The molecule has 1 saturated carbocycles. The molecule has 31 heavy (non-hydrogen) atoms. The van der Waals surface area contributed by atoms with Crippen molar-refractivity contribution in [2.75, 3.05) is 5.73 Å². The second-order valence-corrected chi connectivity index (χ2v) is 8.10. The van der Waals surface area contributed by atoms with Crippen molar-refractivity contribution < 1.29 is 4.79 Å². The Bertz CT molecular complexity index is 1140. The number of rotatable bonds is 7. The summed E-state index contributed by atoms with van der Waals surface area (Å²) in [5.41, 5.74) is 17.3. The van der Waals surface area contributed by atoms with Crippen molar-refractivity contribution in [3.05, 3.63) is 70.6 Å². The molecule has 3 heterocycles. The number of hydrazine groups is 1. The number of imidazole rings is 1. The van der Waals surface area contributed by atoms with Gasteiger partial charge in [0.05, 0.1) is 12.2 Å². The highest BCUT2D eigenvalue weighted by Crippen LogP contribution is 2.39. The first-order valence-electron chi connectivity index (χ1n) is 10.3. The molecule has 0 aliphatic heterocycles. The van der Waals surface area contributed by atoms with Crippen LogP contribution in [0.5, 0.6) is 0 Å². The highest BCUT2D eigenvalue weighted by Gasteiger charge is 2.23. The van der Waals surface area contributed by atoms with Crippen molar-refractivity contribution >= 4 is 17.4 Å². The maximum absolute atomic E-state index is 12.4. The van der Waals surface area contributed by atoms with Gasteiger partial charge in [-0.15, -0.1) is 0 Å². The van der Waals surface area contributed by atoms with Gasteiger partial charge in [-0.05, 0) is 61.4 Å². The summed E-state index contributed by atoms with van der Waals surface area (Å²) < 4.78 is 2.02. The number of nitrogens with two attached hydrogens (primary N) is 3. The Balaban J connectivity index is 1.37. The molecule has 9 heteroatoms. The summed E-state index contributed by atoms with van der Waals surface area (Å²) in [5.74, 6) is 6.78. The molecule has 0 unspecified atom stereocenters. The van der Waals surface area contributed by atoms with Crippen LogP contribution in [0.4, 0.5) is 5.82 Å². The van der Waals surface area contributed by atoms with Crippen LogP contribution in [0.2, 0.25) is 0 Å². The van der Waals surface area contributed by atoms with E-state index >= 15 is 0 Å². The molecule has 7 N–H and O–H groups in total. The molecule has 9 nitrogen and oxygen atoms in total. The SMILES string of the molecule is Cc1cc(N)nc(C)c1CNC(=O)/C(N)=C/N(N)Cc1cn2cc(C3CC3)ccc2n1. The molecule has 0 spiro atoms. The van der Waals surface area contributed by atoms with Gasteiger partial charge in [-0.25, -0.2) is 15.8 Å². The van der Waals surface area contributed by atoms with Crippen molar-refractivity contribution in [3.8, 4) is 0 Å². The molecule has 0 bridgehead atoms. The maximum atomic E-state index is 12.4. The van der Waals surface area contributed by atoms with E-state index in [1.807, 2.05) is 30.5 Å². The molecular weight excluding hydrogens is 392 g/mol. The summed E-state index contributed by atoms with van der Waals surface area (Å²) in [6.07, 6.45) is 7.99. The van der Waals surface area contributed by atoms with Crippen LogP contribution >= 0.6 is 0 Å². The highest BCUT2D eigenvalue weighted by atomic mass is 16.2. The summed E-state index contributed by atoms with van der Waals surface area (Å²) in [7, 11) is 0. The van der Waals surface area contributed by atoms with Gasteiger partial charge in [-0.1, -0.05) is 6.07 Å². The summed E-state index contributed by atoms with van der Waals surface area (Å²) in [4.78, 5) is 21.2. The average molecular weight is 421 g/mol. The zero-order valence-electron chi connectivity index (χ0n) is 17.8. The first-order valence-corrected chi connectivity index (χ1v) is 10.3. The number of nitrogens with zero attached hydrogens (tertiary/aromatic N) is 4. The lowest BCUT2D eigenvalue weighted by Gasteiger charge is -2.14. The van der Waals surface area contributed by atoms with E-state index in [-0.39, 0.29) is 5.70 Å². The number of nitrogen functional groups attached to an aromatic ring is 1. The standard InChI is InChI=1S/C22H28N8O/c1-13-7-20(24)27-14(2)18(13)8-26-22(31)19(23)12-30(25)11-17-10-29-9-16(15-3-4-15)5-6-21(29)28-17/h5-7,9-10,12,15H,3-4,8,11,23,25H2,1-2H3,(H2,24,27)(H,26,31)/b19-12-. The topological polar surface area (TPSA) is 141 Å². The monoisotopic (exact) mass is 420 g/mol. The predicted molar refractivity (Wildman–Crippen MR) is 119 cm³/mol. The average Bonchev–Trinajstić information content (AvgIpc) is 3.46. The molecule has 0 saturated heterocycles. The lowest BCUT2D eigenvalue weighted by molar-refractivity contribution is -0.117. The Morgan fingerprint density at radius 3 is 2.77 bits per heavy atom. The van der Waals surface area contributed by atoms with Crippen LogP contribution in [0, 0.1) is 13.8 Å². The van der Waals surface area contributed by atoms with E-state index < -0.39 is 5.91 Å². The van der Waals surface area contributed by atoms with Gasteiger partial charge in [0.25, 0.3) is 5.91 Å². The normalized spacial score (nSPS) is 14.1. The van der Waals surface area contributed by atoms with E-state index in [2.05, 4.69) is 27.5 Å². The number of nitrogens with one attached hydrogen (secondary N) is 1. The van der Waals surface area contributed by atoms with Gasteiger partial charge in [0.2, 0.25) is 0 Å². The fraction of sp³-hybridized carbons (Fsp3) is 0.318. The van der Waals surface area contributed by atoms with Crippen LogP contribution in [-0.2, 0) is 17.9 Å². The van der Waals surface area contributed by atoms with E-state index in [0.29, 0.717) is 24.8 Å². The van der Waals surface area contributed by atoms with E-state index in [1.54, 1.807) is 6.07 Å². The number of amides is 1. The predicted octanol–water partition coefficient (Wildman–Crippen LogP) is 1.60. The fourth-order valence-electron chi connectivity index (χ4n) is 3.69. The third-order valence-corrected chi connectivity index (χ3v) is 5.48. The number of hydrogen-bond acceptors (Lipinski definition) is 7. The van der Waals surface area contributed by atoms with Crippen LogP contribution in [0.25, 0.3) is 5.65 Å². The van der Waals surface area contributed by atoms with Crippen molar-refractivity contribution in [2.45, 2.75) is 45.7 Å². The molecule has 1 aliphatic carbocycles. The van der Waals surface area contributed by atoms with Crippen molar-refractivity contribution in [2.24, 2.45) is 11.6 Å². The molecule has 1 fully saturated rings. The summed E-state index contributed by atoms with van der Waals surface area (Å²) in [5, 5.41) is 4.16. The fourth-order valence-corrected chi connectivity index (χ4v) is 3.69. The van der Waals surface area contributed by atoms with Gasteiger partial charge in [0.15, 0.2) is 0 Å². The minimum absolute atomic E-state index is 0.0148. The second-order valence-electron chi connectivity index (χ2n) is 8.10. The molecule has 3 aromatic heterocycles. The molecule has 4 rings (SSSR count). The quantitative estimate of drug-likeness (QED) is 0.258. The summed E-state index contributed by atoms with van der Waals surface area (Å²) in [6.45, 7) is 4.41. The number of hydrogen-bond donors (Lipinski definition) is 4. The first kappa shape index (κ1) is 20.7. The summed E-state index contributed by atoms with van der Waals surface area (Å²) >= 11 is 0. The van der Waals surface area contributed by atoms with E-state index in [9.17, 15) is 4.79 Å². The Kier molecular flexibility index (Phi) is 5.51. The number of pyridine rings is 2. The molecule has 0 atom stereocenters. The lowest BCUT2D eigenvalue weighted by Crippen LogP contribution is -2.33. The van der Waals surface area contributed by atoms with Gasteiger partial charge in [-0.2, -0.15) is 0 Å². The van der Waals surface area contributed by atoms with E-state index in [1.165, 1.54) is 29.6 Å². The molecule has 3 aromatic rings. The van der Waals surface area contributed by atoms with Crippen molar-refractivity contribution in [1.82, 2.24) is 24.7 Å². The third-order valence-electron chi connectivity index (χ3n) is 5.48. The molecule has 0 aromatic carbocycles. The number of aromatic nitrogens is 3. The van der Waals surface area contributed by atoms with Crippen LogP contribution in [0.15, 0.2) is 42.5 Å². The Labute approximate surface area is 180 Å². The molecule has 1 aliphatic rings. The zero-order valence-corrected chi connectivity index (χ0v) is 17.8. The number of fused-ring (bicyclic) bond motifs is 1. The van der Waals surface area contributed by atoms with Crippen LogP contribution < -0.4 is 22.6 Å². The minimum Gasteiger partial charge on any atom is -0.393 e. The van der Waals surface area contributed by atoms with Crippen molar-refractivity contribution in [3.63, 3.8) is 0 Å². The van der Waals surface area contributed by atoms with Gasteiger partial charge in [-0.3, -0.25) is 4.79 Å². The van der Waals surface area contributed by atoms with Gasteiger partial charge >= 0.3 is 0 Å². The van der Waals surface area contributed by atoms with Crippen LogP contribution in [0.3, 0.4) is 0 Å². The molecule has 0 radical (unpaired) electrons. The second kappa shape index (κ2) is 8.27. The number of carbonyl (C=O) groups excluding carboxylic acids is 1. The number of anilines is 1. The number of carbonyl (C=O) groups is 1. The maximum Gasteiger partial charge on any atom is 0.268 e. The Hall–Kier alpha value is -3.59.